The molecule has 0 amide bonds. The van der Waals surface area contributed by atoms with Gasteiger partial charge in [0.15, 0.2) is 0 Å². The third-order valence-corrected chi connectivity index (χ3v) is 2.98. The maximum atomic E-state index is 5.33. The minimum Gasteiger partial charge on any atom is -0.392 e. The van der Waals surface area contributed by atoms with E-state index in [1.54, 1.807) is 6.21 Å². The van der Waals surface area contributed by atoms with Gasteiger partial charge in [-0.3, -0.25) is 4.99 Å². The summed E-state index contributed by atoms with van der Waals surface area (Å²) in [5.41, 5.74) is 6.32. The Morgan fingerprint density at radius 2 is 2.00 bits per heavy atom. The largest absolute Gasteiger partial charge is 0.392 e. The van der Waals surface area contributed by atoms with E-state index in [9.17, 15) is 0 Å². The highest BCUT2D eigenvalue weighted by molar-refractivity contribution is 9.11. The Bertz CT molecular complexity index is 357. The molecule has 0 aliphatic heterocycles. The van der Waals surface area contributed by atoms with Gasteiger partial charge in [-0.2, -0.15) is 0 Å². The van der Waals surface area contributed by atoms with Crippen LogP contribution in [0, 0.1) is 0 Å². The molecule has 2 N–H and O–H groups in total. The van der Waals surface area contributed by atoms with Crippen LogP contribution >= 0.6 is 44.1 Å². The van der Waals surface area contributed by atoms with Crippen LogP contribution in [-0.4, -0.2) is 17.7 Å². The number of halogens is 2. The molecule has 0 saturated heterocycles. The molecular formula is C9H8Br2N2S. The third kappa shape index (κ3) is 3.48. The second-order valence-electron chi connectivity index (χ2n) is 2.57. The summed E-state index contributed by atoms with van der Waals surface area (Å²) in [4.78, 5) is 4.50. The summed E-state index contributed by atoms with van der Waals surface area (Å²) in [5.74, 6) is 0. The molecule has 0 heterocycles. The van der Waals surface area contributed by atoms with Crippen molar-refractivity contribution >= 4 is 55.3 Å². The predicted octanol–water partition coefficient (Wildman–Crippen LogP) is 2.92. The molecule has 0 aliphatic carbocycles. The Morgan fingerprint density at radius 3 is 2.50 bits per heavy atom. The monoisotopic (exact) mass is 334 g/mol. The summed E-state index contributed by atoms with van der Waals surface area (Å²) < 4.78 is 1.97. The lowest BCUT2D eigenvalue weighted by Crippen LogP contribution is -2.11. The van der Waals surface area contributed by atoms with E-state index in [0.717, 1.165) is 14.5 Å². The summed E-state index contributed by atoms with van der Waals surface area (Å²) in [6.45, 7) is 0.378. The Balaban J connectivity index is 2.85. The number of hydrogen-bond donors (Lipinski definition) is 1. The Morgan fingerprint density at radius 1 is 1.43 bits per heavy atom. The predicted molar refractivity (Wildman–Crippen MR) is 71.1 cm³/mol. The van der Waals surface area contributed by atoms with Crippen LogP contribution in [0.5, 0.6) is 0 Å². The SMILES string of the molecule is NC(=S)CN=Cc1c(Br)cccc1Br. The van der Waals surface area contributed by atoms with E-state index < -0.39 is 0 Å². The molecule has 0 aromatic heterocycles. The second-order valence-corrected chi connectivity index (χ2v) is 4.80. The maximum absolute atomic E-state index is 5.33. The normalized spacial score (nSPS) is 10.7. The van der Waals surface area contributed by atoms with Gasteiger partial charge < -0.3 is 5.73 Å². The van der Waals surface area contributed by atoms with Gasteiger partial charge in [-0.25, -0.2) is 0 Å². The summed E-state index contributed by atoms with van der Waals surface area (Å²) in [5, 5.41) is 0. The lowest BCUT2D eigenvalue weighted by atomic mass is 10.2. The van der Waals surface area contributed by atoms with Crippen molar-refractivity contribution in [2.24, 2.45) is 10.7 Å². The topological polar surface area (TPSA) is 38.4 Å². The molecule has 2 nitrogen and oxygen atoms in total. The second kappa shape index (κ2) is 5.58. The van der Waals surface area contributed by atoms with Gasteiger partial charge in [-0.05, 0) is 12.1 Å². The first-order valence-electron chi connectivity index (χ1n) is 3.83. The van der Waals surface area contributed by atoms with E-state index in [2.05, 4.69) is 36.9 Å². The molecule has 1 rings (SSSR count). The fourth-order valence-electron chi connectivity index (χ4n) is 0.861. The van der Waals surface area contributed by atoms with Crippen LogP contribution in [0.2, 0.25) is 0 Å². The highest BCUT2D eigenvalue weighted by atomic mass is 79.9. The van der Waals surface area contributed by atoms with Gasteiger partial charge in [-0.1, -0.05) is 50.1 Å². The van der Waals surface area contributed by atoms with E-state index in [1.807, 2.05) is 18.2 Å². The van der Waals surface area contributed by atoms with Crippen molar-refractivity contribution < 1.29 is 0 Å². The van der Waals surface area contributed by atoms with Crippen LogP contribution in [-0.2, 0) is 0 Å². The standard InChI is InChI=1S/C9H8Br2N2S/c10-7-2-1-3-8(11)6(7)4-13-5-9(12)14/h1-4H,5H2,(H2,12,14). The molecule has 0 atom stereocenters. The molecule has 0 unspecified atom stereocenters. The van der Waals surface area contributed by atoms with E-state index in [0.29, 0.717) is 11.5 Å². The van der Waals surface area contributed by atoms with Crippen molar-refractivity contribution in [3.63, 3.8) is 0 Å². The minimum atomic E-state index is 0.378. The minimum absolute atomic E-state index is 0.378. The van der Waals surface area contributed by atoms with Gasteiger partial charge in [0.25, 0.3) is 0 Å². The van der Waals surface area contributed by atoms with Crippen molar-refractivity contribution in [3.05, 3.63) is 32.7 Å². The van der Waals surface area contributed by atoms with Crippen molar-refractivity contribution in [1.82, 2.24) is 0 Å². The van der Waals surface area contributed by atoms with E-state index >= 15 is 0 Å². The van der Waals surface area contributed by atoms with Crippen LogP contribution in [0.1, 0.15) is 5.56 Å². The quantitative estimate of drug-likeness (QED) is 0.681. The van der Waals surface area contributed by atoms with E-state index in [1.165, 1.54) is 0 Å². The van der Waals surface area contributed by atoms with Crippen LogP contribution in [0.15, 0.2) is 32.1 Å². The van der Waals surface area contributed by atoms with Crippen molar-refractivity contribution in [2.75, 3.05) is 6.54 Å². The molecule has 0 fully saturated rings. The van der Waals surface area contributed by atoms with Gasteiger partial charge in [0.05, 0.1) is 11.5 Å². The summed E-state index contributed by atoms with van der Waals surface area (Å²) >= 11 is 11.6. The highest BCUT2D eigenvalue weighted by Gasteiger charge is 2.00. The summed E-state index contributed by atoms with van der Waals surface area (Å²) in [6.07, 6.45) is 1.74. The first kappa shape index (κ1) is 11.8. The maximum Gasteiger partial charge on any atom is 0.0945 e. The average Bonchev–Trinajstić information content (AvgIpc) is 2.09. The van der Waals surface area contributed by atoms with Crippen molar-refractivity contribution in [3.8, 4) is 0 Å². The zero-order chi connectivity index (χ0) is 10.6. The van der Waals surface area contributed by atoms with Gasteiger partial charge in [0.2, 0.25) is 0 Å². The molecule has 1 aromatic rings. The zero-order valence-electron chi connectivity index (χ0n) is 7.21. The number of hydrogen-bond acceptors (Lipinski definition) is 2. The number of nitrogens with two attached hydrogens (primary N) is 1. The molecule has 74 valence electrons. The van der Waals surface area contributed by atoms with Crippen molar-refractivity contribution in [1.29, 1.82) is 0 Å². The fraction of sp³-hybridized carbons (Fsp3) is 0.111. The third-order valence-electron chi connectivity index (χ3n) is 1.47. The van der Waals surface area contributed by atoms with Gasteiger partial charge in [0, 0.05) is 20.7 Å². The Hall–Kier alpha value is -0.260. The van der Waals surface area contributed by atoms with Gasteiger partial charge in [0.1, 0.15) is 0 Å². The van der Waals surface area contributed by atoms with Crippen LogP contribution in [0.4, 0.5) is 0 Å². The first-order chi connectivity index (χ1) is 6.61. The highest BCUT2D eigenvalue weighted by Crippen LogP contribution is 2.23. The van der Waals surface area contributed by atoms with Crippen LogP contribution in [0.3, 0.4) is 0 Å². The van der Waals surface area contributed by atoms with Crippen LogP contribution in [0.25, 0.3) is 0 Å². The van der Waals surface area contributed by atoms with E-state index in [-0.39, 0.29) is 0 Å². The average molecular weight is 336 g/mol. The molecule has 0 saturated carbocycles. The molecular weight excluding hydrogens is 328 g/mol. The Labute approximate surface area is 105 Å². The van der Waals surface area contributed by atoms with Gasteiger partial charge >= 0.3 is 0 Å². The Kier molecular flexibility index (Phi) is 4.71. The van der Waals surface area contributed by atoms with E-state index in [4.69, 9.17) is 18.0 Å². The number of benzene rings is 1. The van der Waals surface area contributed by atoms with Gasteiger partial charge in [-0.15, -0.1) is 0 Å². The first-order valence-corrected chi connectivity index (χ1v) is 5.83. The fourth-order valence-corrected chi connectivity index (χ4v) is 2.14. The zero-order valence-corrected chi connectivity index (χ0v) is 11.2. The lowest BCUT2D eigenvalue weighted by Gasteiger charge is -2.00. The number of thiocarbonyl (C=S) groups is 1. The molecule has 0 spiro atoms. The van der Waals surface area contributed by atoms with Crippen molar-refractivity contribution in [2.45, 2.75) is 0 Å². The molecule has 14 heavy (non-hydrogen) atoms. The number of rotatable bonds is 3. The molecule has 5 heteroatoms. The summed E-state index contributed by atoms with van der Waals surface area (Å²) in [7, 11) is 0. The number of nitrogens with zero attached hydrogens (tertiary/aromatic N) is 1. The molecule has 1 aromatic carbocycles. The molecule has 0 radical (unpaired) electrons. The summed E-state index contributed by atoms with van der Waals surface area (Å²) in [6, 6.07) is 5.85. The molecule has 0 bridgehead atoms. The smallest absolute Gasteiger partial charge is 0.0945 e. The number of aliphatic imine (C=N–C) groups is 1. The van der Waals surface area contributed by atoms with Crippen LogP contribution < -0.4 is 5.73 Å². The molecule has 0 aliphatic rings. The lowest BCUT2D eigenvalue weighted by molar-refractivity contribution is 1.31.